The minimum absolute atomic E-state index is 0.0897. The molecule has 1 atom stereocenters. The fraction of sp³-hybridized carbons (Fsp3) is 0.762. The van der Waals surface area contributed by atoms with Crippen LogP contribution < -0.4 is 0 Å². The van der Waals surface area contributed by atoms with Crippen LogP contribution in [0.15, 0.2) is 72.9 Å². The van der Waals surface area contributed by atoms with Crippen molar-refractivity contribution in [2.75, 3.05) is 13.2 Å². The normalized spacial score (nSPS) is 12.6. The first-order chi connectivity index (χ1) is 34.0. The van der Waals surface area contributed by atoms with Gasteiger partial charge in [0.2, 0.25) is 0 Å². The van der Waals surface area contributed by atoms with Gasteiger partial charge in [-0.15, -0.1) is 0 Å². The molecule has 0 aromatic rings. The summed E-state index contributed by atoms with van der Waals surface area (Å²) in [4.78, 5) is 37.9. The Morgan fingerprint density at radius 1 is 0.304 bits per heavy atom. The smallest absolute Gasteiger partial charge is 0.306 e. The van der Waals surface area contributed by atoms with Gasteiger partial charge in [-0.2, -0.15) is 0 Å². The van der Waals surface area contributed by atoms with Gasteiger partial charge in [-0.25, -0.2) is 0 Å². The monoisotopic (exact) mass is 963 g/mol. The van der Waals surface area contributed by atoms with Gasteiger partial charge < -0.3 is 14.2 Å². The molecule has 0 aliphatic carbocycles. The Kier molecular flexibility index (Phi) is 54.8. The first-order valence-corrected chi connectivity index (χ1v) is 29.4. The van der Waals surface area contributed by atoms with Gasteiger partial charge >= 0.3 is 17.9 Å². The summed E-state index contributed by atoms with van der Waals surface area (Å²) in [7, 11) is 0. The maximum atomic E-state index is 12.8. The lowest BCUT2D eigenvalue weighted by molar-refractivity contribution is -0.167. The van der Waals surface area contributed by atoms with Crippen molar-refractivity contribution >= 4 is 17.9 Å². The van der Waals surface area contributed by atoms with Crippen LogP contribution in [-0.2, 0) is 28.6 Å². The third-order valence-electron chi connectivity index (χ3n) is 12.7. The molecular weight excluding hydrogens is 853 g/mol. The van der Waals surface area contributed by atoms with Crippen LogP contribution in [0.4, 0.5) is 0 Å². The fourth-order valence-electron chi connectivity index (χ4n) is 8.29. The molecule has 0 saturated heterocycles. The van der Waals surface area contributed by atoms with Crippen LogP contribution in [0.25, 0.3) is 0 Å². The number of rotatable bonds is 53. The maximum Gasteiger partial charge on any atom is 0.306 e. The number of unbranched alkanes of at least 4 members (excludes halogenated alkanes) is 30. The SMILES string of the molecule is CC/C=C\C/C=C\C/C=C\C/C=C\CCCCC(=O)OC(COC(=O)CCCCCCCCC)COC(=O)CCCCCCCCCCCCCCCCCCC/C=C\C/C=C\CCCCCCC. The largest absolute Gasteiger partial charge is 0.462 e. The second kappa shape index (κ2) is 57.4. The zero-order valence-corrected chi connectivity index (χ0v) is 45.6. The zero-order valence-electron chi connectivity index (χ0n) is 45.6. The molecule has 0 spiro atoms. The van der Waals surface area contributed by atoms with E-state index in [-0.39, 0.29) is 37.5 Å². The summed E-state index contributed by atoms with van der Waals surface area (Å²) in [5.74, 6) is -0.931. The van der Waals surface area contributed by atoms with Crippen LogP contribution >= 0.6 is 0 Å². The van der Waals surface area contributed by atoms with E-state index in [0.29, 0.717) is 19.3 Å². The minimum atomic E-state index is -0.793. The molecule has 0 fully saturated rings. The van der Waals surface area contributed by atoms with Crippen LogP contribution in [0.2, 0.25) is 0 Å². The van der Waals surface area contributed by atoms with Crippen LogP contribution in [0.3, 0.4) is 0 Å². The van der Waals surface area contributed by atoms with Crippen LogP contribution in [-0.4, -0.2) is 37.2 Å². The highest BCUT2D eigenvalue weighted by Gasteiger charge is 2.19. The molecule has 0 aromatic carbocycles. The summed E-state index contributed by atoms with van der Waals surface area (Å²) in [6.45, 7) is 6.45. The summed E-state index contributed by atoms with van der Waals surface area (Å²) in [5.41, 5.74) is 0. The number of esters is 3. The van der Waals surface area contributed by atoms with E-state index in [1.165, 1.54) is 161 Å². The predicted octanol–water partition coefficient (Wildman–Crippen LogP) is 19.8. The minimum Gasteiger partial charge on any atom is -0.462 e. The van der Waals surface area contributed by atoms with E-state index in [9.17, 15) is 14.4 Å². The third-order valence-corrected chi connectivity index (χ3v) is 12.7. The van der Waals surface area contributed by atoms with Gasteiger partial charge in [-0.05, 0) is 89.9 Å². The van der Waals surface area contributed by atoms with Gasteiger partial charge in [-0.1, -0.05) is 254 Å². The summed E-state index contributed by atoms with van der Waals surface area (Å²) >= 11 is 0. The molecule has 0 amide bonds. The molecule has 398 valence electrons. The first kappa shape index (κ1) is 65.8. The van der Waals surface area contributed by atoms with Crippen molar-refractivity contribution in [1.29, 1.82) is 0 Å². The molecule has 0 aliphatic rings. The van der Waals surface area contributed by atoms with Crippen molar-refractivity contribution in [3.05, 3.63) is 72.9 Å². The number of hydrogen-bond acceptors (Lipinski definition) is 6. The highest BCUT2D eigenvalue weighted by Crippen LogP contribution is 2.16. The molecule has 0 bridgehead atoms. The van der Waals surface area contributed by atoms with Crippen LogP contribution in [0.5, 0.6) is 0 Å². The highest BCUT2D eigenvalue weighted by molar-refractivity contribution is 5.71. The fourth-order valence-corrected chi connectivity index (χ4v) is 8.29. The lowest BCUT2D eigenvalue weighted by Gasteiger charge is -2.18. The molecule has 6 nitrogen and oxygen atoms in total. The summed E-state index contributed by atoms with van der Waals surface area (Å²) in [6, 6.07) is 0. The van der Waals surface area contributed by atoms with Crippen molar-refractivity contribution in [2.24, 2.45) is 0 Å². The lowest BCUT2D eigenvalue weighted by atomic mass is 10.0. The molecule has 0 heterocycles. The zero-order chi connectivity index (χ0) is 50.0. The molecule has 0 aliphatic heterocycles. The topological polar surface area (TPSA) is 78.9 Å². The molecule has 6 heteroatoms. The van der Waals surface area contributed by atoms with E-state index in [0.717, 1.165) is 83.5 Å². The standard InChI is InChI=1S/C63H110O6/c1-4-7-10-13-16-18-20-22-24-25-26-27-28-29-30-31-32-33-34-35-36-37-39-40-42-44-47-50-53-56-62(65)68-59-60(58-67-61(64)55-52-49-46-15-12-9-6-3)69-63(66)57-54-51-48-45-43-41-38-23-21-19-17-14-11-8-5-2/h8,11,17,19-20,22-23,25-26,38,43,45,60H,4-7,9-10,12-16,18,21,24,27-37,39-42,44,46-59H2,1-3H3/b11-8-,19-17-,22-20-,26-25-,38-23-,45-43-. The van der Waals surface area contributed by atoms with Crippen molar-refractivity contribution < 1.29 is 28.6 Å². The number of allylic oxidation sites excluding steroid dienone is 12. The third kappa shape index (κ3) is 55.6. The Bertz CT molecular complexity index is 1290. The van der Waals surface area contributed by atoms with Crippen molar-refractivity contribution in [3.8, 4) is 0 Å². The van der Waals surface area contributed by atoms with Gasteiger partial charge in [0.1, 0.15) is 13.2 Å². The van der Waals surface area contributed by atoms with E-state index in [1.807, 2.05) is 0 Å². The van der Waals surface area contributed by atoms with Crippen LogP contribution in [0.1, 0.15) is 290 Å². The first-order valence-electron chi connectivity index (χ1n) is 29.4. The van der Waals surface area contributed by atoms with E-state index >= 15 is 0 Å². The van der Waals surface area contributed by atoms with Crippen LogP contribution in [0, 0.1) is 0 Å². The molecule has 69 heavy (non-hydrogen) atoms. The quantitative estimate of drug-likeness (QED) is 0.0262. The van der Waals surface area contributed by atoms with Gasteiger partial charge in [0.25, 0.3) is 0 Å². The number of carbonyl (C=O) groups excluding carboxylic acids is 3. The van der Waals surface area contributed by atoms with Gasteiger partial charge in [0.05, 0.1) is 0 Å². The second-order valence-corrected chi connectivity index (χ2v) is 19.5. The summed E-state index contributed by atoms with van der Waals surface area (Å²) < 4.78 is 16.7. The number of hydrogen-bond donors (Lipinski definition) is 0. The van der Waals surface area contributed by atoms with Crippen molar-refractivity contribution in [2.45, 2.75) is 297 Å². The van der Waals surface area contributed by atoms with Gasteiger partial charge in [-0.3, -0.25) is 14.4 Å². The van der Waals surface area contributed by atoms with Crippen molar-refractivity contribution in [3.63, 3.8) is 0 Å². The second-order valence-electron chi connectivity index (χ2n) is 19.5. The van der Waals surface area contributed by atoms with Gasteiger partial charge in [0, 0.05) is 19.3 Å². The molecule has 0 radical (unpaired) electrons. The molecular formula is C63H110O6. The predicted molar refractivity (Wildman–Crippen MR) is 298 cm³/mol. The molecule has 0 saturated carbocycles. The summed E-state index contributed by atoms with van der Waals surface area (Å²) in [6.07, 6.45) is 73.7. The molecule has 0 N–H and O–H groups in total. The van der Waals surface area contributed by atoms with E-state index in [4.69, 9.17) is 14.2 Å². The Morgan fingerprint density at radius 3 is 0.913 bits per heavy atom. The Hall–Kier alpha value is -3.15. The van der Waals surface area contributed by atoms with E-state index in [1.54, 1.807) is 0 Å². The summed E-state index contributed by atoms with van der Waals surface area (Å²) in [5, 5.41) is 0. The Morgan fingerprint density at radius 2 is 0.565 bits per heavy atom. The number of ether oxygens (including phenoxy) is 3. The Labute approximate surface area is 427 Å². The lowest BCUT2D eigenvalue weighted by Crippen LogP contribution is -2.30. The van der Waals surface area contributed by atoms with Crippen molar-refractivity contribution in [1.82, 2.24) is 0 Å². The average molecular weight is 964 g/mol. The van der Waals surface area contributed by atoms with E-state index < -0.39 is 6.10 Å². The maximum absolute atomic E-state index is 12.8. The van der Waals surface area contributed by atoms with E-state index in [2.05, 4.69) is 93.7 Å². The number of carbonyl (C=O) groups is 3. The molecule has 0 aromatic heterocycles. The Balaban J connectivity index is 4.09. The van der Waals surface area contributed by atoms with Gasteiger partial charge in [0.15, 0.2) is 6.10 Å². The molecule has 0 rings (SSSR count). The highest BCUT2D eigenvalue weighted by atomic mass is 16.6. The average Bonchev–Trinajstić information content (AvgIpc) is 3.35. The molecule has 1 unspecified atom stereocenters.